The molecule has 1 aromatic heterocycles. The lowest BCUT2D eigenvalue weighted by Crippen LogP contribution is -2.25. The fraction of sp³-hybridized carbons (Fsp3) is 0.250. The number of nitrogens with one attached hydrogen (secondary N) is 1. The highest BCUT2D eigenvalue weighted by Crippen LogP contribution is 2.23. The first-order chi connectivity index (χ1) is 7.33. The van der Waals surface area contributed by atoms with E-state index in [1.807, 2.05) is 23.6 Å². The molecule has 1 amide bonds. The summed E-state index contributed by atoms with van der Waals surface area (Å²) in [7, 11) is 0. The van der Waals surface area contributed by atoms with Crippen molar-refractivity contribution in [3.8, 4) is 0 Å². The summed E-state index contributed by atoms with van der Waals surface area (Å²) in [6, 6.07) is 8.37. The molecule has 1 N–H and O–H groups in total. The first-order valence-corrected chi connectivity index (χ1v) is 5.99. The Hall–Kier alpha value is -0.480. The highest BCUT2D eigenvalue weighted by molar-refractivity contribution is 7.17. The SMILES string of the molecule is Cl.Cl.Cl.O=C(NC1CC1)c1ccc2ccsc2c1. The molecule has 0 saturated heterocycles. The van der Waals surface area contributed by atoms with Gasteiger partial charge in [0.25, 0.3) is 5.91 Å². The lowest BCUT2D eigenvalue weighted by atomic mass is 10.1. The van der Waals surface area contributed by atoms with Crippen LogP contribution in [0.4, 0.5) is 0 Å². The van der Waals surface area contributed by atoms with Gasteiger partial charge in [-0.1, -0.05) is 6.07 Å². The topological polar surface area (TPSA) is 29.1 Å². The highest BCUT2D eigenvalue weighted by atomic mass is 35.5. The average Bonchev–Trinajstić information content (AvgIpc) is 2.94. The molecule has 1 aliphatic rings. The molecular formula is C12H14Cl3NOS. The predicted octanol–water partition coefficient (Wildman–Crippen LogP) is 4.06. The molecular weight excluding hydrogens is 313 g/mol. The molecule has 0 unspecified atom stereocenters. The summed E-state index contributed by atoms with van der Waals surface area (Å²) in [5, 5.41) is 6.25. The van der Waals surface area contributed by atoms with Crippen LogP contribution in [0.2, 0.25) is 0 Å². The molecule has 2 nitrogen and oxygen atoms in total. The van der Waals surface area contributed by atoms with E-state index >= 15 is 0 Å². The first kappa shape index (κ1) is 17.5. The van der Waals surface area contributed by atoms with Gasteiger partial charge in [0.2, 0.25) is 0 Å². The molecule has 2 aromatic rings. The maximum absolute atomic E-state index is 11.8. The van der Waals surface area contributed by atoms with Crippen LogP contribution >= 0.6 is 48.6 Å². The van der Waals surface area contributed by atoms with E-state index in [1.165, 1.54) is 10.1 Å². The summed E-state index contributed by atoms with van der Waals surface area (Å²) in [5.74, 6) is 0.0628. The number of fused-ring (bicyclic) bond motifs is 1. The molecule has 0 aliphatic heterocycles. The Morgan fingerprint density at radius 1 is 1.17 bits per heavy atom. The summed E-state index contributed by atoms with van der Waals surface area (Å²) < 4.78 is 1.18. The van der Waals surface area contributed by atoms with E-state index in [0.29, 0.717) is 6.04 Å². The zero-order valence-corrected chi connectivity index (χ0v) is 12.7. The second-order valence-electron chi connectivity index (χ2n) is 3.92. The monoisotopic (exact) mass is 325 g/mol. The highest BCUT2D eigenvalue weighted by Gasteiger charge is 2.23. The Bertz CT molecular complexity index is 525. The van der Waals surface area contributed by atoms with Crippen LogP contribution in [-0.4, -0.2) is 11.9 Å². The van der Waals surface area contributed by atoms with Gasteiger partial charge in [0.05, 0.1) is 0 Å². The van der Waals surface area contributed by atoms with E-state index in [1.54, 1.807) is 11.3 Å². The summed E-state index contributed by atoms with van der Waals surface area (Å²) in [6.07, 6.45) is 2.26. The number of hydrogen-bond acceptors (Lipinski definition) is 2. The van der Waals surface area contributed by atoms with Gasteiger partial charge in [-0.3, -0.25) is 4.79 Å². The molecule has 0 atom stereocenters. The van der Waals surface area contributed by atoms with E-state index in [4.69, 9.17) is 0 Å². The summed E-state index contributed by atoms with van der Waals surface area (Å²) >= 11 is 1.67. The number of thiophene rings is 1. The molecule has 1 saturated carbocycles. The summed E-state index contributed by atoms with van der Waals surface area (Å²) in [5.41, 5.74) is 0.775. The Labute approximate surface area is 128 Å². The molecule has 6 heteroatoms. The minimum absolute atomic E-state index is 0. The van der Waals surface area contributed by atoms with Crippen molar-refractivity contribution in [2.45, 2.75) is 18.9 Å². The van der Waals surface area contributed by atoms with Crippen LogP contribution in [-0.2, 0) is 0 Å². The van der Waals surface area contributed by atoms with E-state index in [2.05, 4.69) is 11.4 Å². The second kappa shape index (κ2) is 7.19. The van der Waals surface area contributed by atoms with Gasteiger partial charge in [-0.2, -0.15) is 0 Å². The minimum atomic E-state index is 0. The molecule has 1 aliphatic carbocycles. The molecule has 0 radical (unpaired) electrons. The third kappa shape index (κ3) is 3.75. The number of halogens is 3. The van der Waals surface area contributed by atoms with Crippen molar-refractivity contribution in [1.29, 1.82) is 0 Å². The fourth-order valence-corrected chi connectivity index (χ4v) is 2.42. The van der Waals surface area contributed by atoms with Crippen molar-refractivity contribution in [3.05, 3.63) is 35.2 Å². The van der Waals surface area contributed by atoms with Gasteiger partial charge >= 0.3 is 0 Å². The third-order valence-electron chi connectivity index (χ3n) is 2.63. The molecule has 1 fully saturated rings. The van der Waals surface area contributed by atoms with E-state index in [0.717, 1.165) is 18.4 Å². The van der Waals surface area contributed by atoms with Crippen LogP contribution in [0.25, 0.3) is 10.1 Å². The average molecular weight is 327 g/mol. The number of amides is 1. The Kier molecular flexibility index (Phi) is 7.00. The smallest absolute Gasteiger partial charge is 0.251 e. The Morgan fingerprint density at radius 2 is 1.89 bits per heavy atom. The van der Waals surface area contributed by atoms with Gasteiger partial charge in [-0.25, -0.2) is 0 Å². The van der Waals surface area contributed by atoms with Crippen LogP contribution in [0.15, 0.2) is 29.6 Å². The molecule has 3 rings (SSSR count). The van der Waals surface area contributed by atoms with Crippen molar-refractivity contribution < 1.29 is 4.79 Å². The first-order valence-electron chi connectivity index (χ1n) is 5.11. The maximum atomic E-state index is 11.8. The normalized spacial score (nSPS) is 12.9. The molecule has 1 heterocycles. The van der Waals surface area contributed by atoms with Gasteiger partial charge < -0.3 is 5.32 Å². The van der Waals surface area contributed by atoms with E-state index in [9.17, 15) is 4.79 Å². The van der Waals surface area contributed by atoms with Crippen LogP contribution in [0, 0.1) is 0 Å². The number of rotatable bonds is 2. The van der Waals surface area contributed by atoms with Gasteiger partial charge in [0, 0.05) is 16.3 Å². The van der Waals surface area contributed by atoms with Crippen molar-refractivity contribution in [2.75, 3.05) is 0 Å². The maximum Gasteiger partial charge on any atom is 0.251 e. The summed E-state index contributed by atoms with van der Waals surface area (Å²) in [4.78, 5) is 11.8. The Morgan fingerprint density at radius 3 is 2.56 bits per heavy atom. The number of benzene rings is 1. The van der Waals surface area contributed by atoms with Crippen LogP contribution in [0.3, 0.4) is 0 Å². The van der Waals surface area contributed by atoms with Gasteiger partial charge in [0.15, 0.2) is 0 Å². The van der Waals surface area contributed by atoms with Gasteiger partial charge in [0.1, 0.15) is 0 Å². The van der Waals surface area contributed by atoms with Crippen LogP contribution in [0.5, 0.6) is 0 Å². The van der Waals surface area contributed by atoms with E-state index in [-0.39, 0.29) is 43.1 Å². The molecule has 1 aromatic carbocycles. The number of carbonyl (C=O) groups is 1. The van der Waals surface area contributed by atoms with Crippen LogP contribution < -0.4 is 5.32 Å². The standard InChI is InChI=1S/C12H11NOS.3ClH/c14-12(13-10-3-4-10)9-2-1-8-5-6-15-11(8)7-9;;;/h1-2,5-7,10H,3-4H2,(H,13,14);3*1H. The third-order valence-corrected chi connectivity index (χ3v) is 3.51. The van der Waals surface area contributed by atoms with Crippen molar-refractivity contribution >= 4 is 64.6 Å². The van der Waals surface area contributed by atoms with Crippen molar-refractivity contribution in [2.24, 2.45) is 0 Å². The van der Waals surface area contributed by atoms with Crippen molar-refractivity contribution in [1.82, 2.24) is 5.32 Å². The fourth-order valence-electron chi connectivity index (χ4n) is 1.59. The molecule has 0 spiro atoms. The van der Waals surface area contributed by atoms with E-state index < -0.39 is 0 Å². The number of hydrogen-bond donors (Lipinski definition) is 1. The zero-order chi connectivity index (χ0) is 10.3. The zero-order valence-electron chi connectivity index (χ0n) is 9.42. The predicted molar refractivity (Wildman–Crippen MR) is 84.1 cm³/mol. The van der Waals surface area contributed by atoms with Gasteiger partial charge in [-0.15, -0.1) is 48.6 Å². The second-order valence-corrected chi connectivity index (χ2v) is 4.87. The minimum Gasteiger partial charge on any atom is -0.349 e. The van der Waals surface area contributed by atoms with Crippen molar-refractivity contribution in [3.63, 3.8) is 0 Å². The van der Waals surface area contributed by atoms with Crippen LogP contribution in [0.1, 0.15) is 23.2 Å². The quantitative estimate of drug-likeness (QED) is 0.886. The lowest BCUT2D eigenvalue weighted by molar-refractivity contribution is 0.0951. The number of carbonyl (C=O) groups excluding carboxylic acids is 1. The largest absolute Gasteiger partial charge is 0.349 e. The Balaban J connectivity index is 0.000000963. The summed E-state index contributed by atoms with van der Waals surface area (Å²) in [6.45, 7) is 0. The molecule has 100 valence electrons. The van der Waals surface area contributed by atoms with Gasteiger partial charge in [-0.05, 0) is 41.8 Å². The lowest BCUT2D eigenvalue weighted by Gasteiger charge is -2.02. The molecule has 0 bridgehead atoms. The molecule has 18 heavy (non-hydrogen) atoms.